The molecule has 0 radical (unpaired) electrons. The third-order valence-corrected chi connectivity index (χ3v) is 2.00. The van der Waals surface area contributed by atoms with Crippen LogP contribution < -0.4 is 4.74 Å². The molecule has 0 atom stereocenters. The number of ether oxygens (including phenoxy) is 1. The van der Waals surface area contributed by atoms with E-state index in [4.69, 9.17) is 10.00 Å². The number of benzene rings is 1. The van der Waals surface area contributed by atoms with E-state index >= 15 is 0 Å². The van der Waals surface area contributed by atoms with Crippen molar-refractivity contribution in [2.24, 2.45) is 0 Å². The minimum absolute atomic E-state index is 0.186. The number of aldehydes is 1. The lowest BCUT2D eigenvalue weighted by Gasteiger charge is -2.06. The molecule has 76 valence electrons. The van der Waals surface area contributed by atoms with Crippen LogP contribution in [0.15, 0.2) is 12.1 Å². The number of carbonyl (C=O) groups is 2. The summed E-state index contributed by atoms with van der Waals surface area (Å²) >= 11 is 0. The van der Waals surface area contributed by atoms with Crippen molar-refractivity contribution < 1.29 is 14.3 Å². The van der Waals surface area contributed by atoms with Crippen molar-refractivity contribution in [1.82, 2.24) is 0 Å². The molecule has 0 saturated carbocycles. The molecule has 0 aliphatic carbocycles. The van der Waals surface area contributed by atoms with Crippen LogP contribution in [0.2, 0.25) is 0 Å². The van der Waals surface area contributed by atoms with Gasteiger partial charge in [0.2, 0.25) is 0 Å². The van der Waals surface area contributed by atoms with E-state index in [0.29, 0.717) is 12.0 Å². The van der Waals surface area contributed by atoms with E-state index in [1.165, 1.54) is 26.2 Å². The molecule has 4 heteroatoms. The largest absolute Gasteiger partial charge is 0.496 e. The van der Waals surface area contributed by atoms with Crippen LogP contribution in [0.1, 0.15) is 33.2 Å². The molecule has 0 saturated heterocycles. The third-order valence-electron chi connectivity index (χ3n) is 2.00. The second-order valence-electron chi connectivity index (χ2n) is 2.93. The van der Waals surface area contributed by atoms with Crippen LogP contribution in [0.3, 0.4) is 0 Å². The summed E-state index contributed by atoms with van der Waals surface area (Å²) in [6, 6.07) is 4.62. The molecule has 0 amide bonds. The number of Topliss-reactive ketones (excluding diaryl/α,β-unsaturated/α-hetero) is 1. The maximum atomic E-state index is 11.2. The van der Waals surface area contributed by atoms with Crippen LogP contribution in [0.25, 0.3) is 0 Å². The van der Waals surface area contributed by atoms with E-state index in [1.54, 1.807) is 0 Å². The summed E-state index contributed by atoms with van der Waals surface area (Å²) in [6.07, 6.45) is 0.587. The predicted molar refractivity (Wildman–Crippen MR) is 53.1 cm³/mol. The first-order valence-corrected chi connectivity index (χ1v) is 4.22. The molecular formula is C11H9NO3. The lowest BCUT2D eigenvalue weighted by molar-refractivity contribution is 0.101. The van der Waals surface area contributed by atoms with Crippen molar-refractivity contribution in [2.45, 2.75) is 6.92 Å². The van der Waals surface area contributed by atoms with Crippen LogP contribution in [-0.4, -0.2) is 19.2 Å². The van der Waals surface area contributed by atoms with E-state index in [1.807, 2.05) is 6.07 Å². The Labute approximate surface area is 87.1 Å². The van der Waals surface area contributed by atoms with Gasteiger partial charge < -0.3 is 4.74 Å². The van der Waals surface area contributed by atoms with Crippen LogP contribution in [0.5, 0.6) is 5.75 Å². The molecule has 0 heterocycles. The van der Waals surface area contributed by atoms with Crippen LogP contribution >= 0.6 is 0 Å². The predicted octanol–water partition coefficient (Wildman–Crippen LogP) is 1.58. The standard InChI is InChI=1S/C11H9NO3/c1-7(14)10-4-11(15-2)9(6-13)3-8(10)5-12/h3-4,6H,1-2H3. The van der Waals surface area contributed by atoms with Gasteiger partial charge in [-0.3, -0.25) is 9.59 Å². The summed E-state index contributed by atoms with van der Waals surface area (Å²) < 4.78 is 4.93. The number of methoxy groups -OCH3 is 1. The first-order valence-electron chi connectivity index (χ1n) is 4.22. The molecular weight excluding hydrogens is 194 g/mol. The molecule has 1 rings (SSSR count). The number of hydrogen-bond donors (Lipinski definition) is 0. The summed E-state index contributed by atoms with van der Waals surface area (Å²) in [5.74, 6) is 0.0662. The molecule has 15 heavy (non-hydrogen) atoms. The van der Waals surface area contributed by atoms with Gasteiger partial charge in [-0.05, 0) is 19.1 Å². The fourth-order valence-corrected chi connectivity index (χ4v) is 1.25. The van der Waals surface area contributed by atoms with Crippen LogP contribution in [0, 0.1) is 11.3 Å². The Balaban J connectivity index is 3.49. The van der Waals surface area contributed by atoms with Gasteiger partial charge >= 0.3 is 0 Å². The molecule has 0 bridgehead atoms. The van der Waals surface area contributed by atoms with Crippen LogP contribution in [0.4, 0.5) is 0 Å². The topological polar surface area (TPSA) is 67.2 Å². The van der Waals surface area contributed by atoms with Gasteiger partial charge in [-0.2, -0.15) is 5.26 Å². The number of nitriles is 1. The van der Waals surface area contributed by atoms with Gasteiger partial charge in [0.05, 0.1) is 24.3 Å². The highest BCUT2D eigenvalue weighted by atomic mass is 16.5. The fraction of sp³-hybridized carbons (Fsp3) is 0.182. The van der Waals surface area contributed by atoms with Crippen molar-refractivity contribution in [3.63, 3.8) is 0 Å². The Morgan fingerprint density at radius 3 is 2.60 bits per heavy atom. The molecule has 0 N–H and O–H groups in total. The Kier molecular flexibility index (Phi) is 3.19. The number of ketones is 1. The Morgan fingerprint density at radius 1 is 1.53 bits per heavy atom. The van der Waals surface area contributed by atoms with Crippen molar-refractivity contribution in [3.05, 3.63) is 28.8 Å². The first kappa shape index (κ1) is 10.9. The van der Waals surface area contributed by atoms with E-state index < -0.39 is 0 Å². The summed E-state index contributed by atoms with van der Waals surface area (Å²) in [5, 5.41) is 8.79. The molecule has 0 aliphatic rings. The monoisotopic (exact) mass is 203 g/mol. The van der Waals surface area contributed by atoms with Gasteiger partial charge in [0.25, 0.3) is 0 Å². The number of carbonyl (C=O) groups excluding carboxylic acids is 2. The fourth-order valence-electron chi connectivity index (χ4n) is 1.25. The quantitative estimate of drug-likeness (QED) is 0.552. The number of nitrogens with zero attached hydrogens (tertiary/aromatic N) is 1. The minimum Gasteiger partial charge on any atom is -0.496 e. The van der Waals surface area contributed by atoms with Crippen LogP contribution in [-0.2, 0) is 0 Å². The highest BCUT2D eigenvalue weighted by Gasteiger charge is 2.12. The van der Waals surface area contributed by atoms with Gasteiger partial charge in [0.1, 0.15) is 5.75 Å². The second-order valence-corrected chi connectivity index (χ2v) is 2.93. The summed E-state index contributed by atoms with van der Waals surface area (Å²) in [7, 11) is 1.40. The highest BCUT2D eigenvalue weighted by Crippen LogP contribution is 2.22. The number of rotatable bonds is 3. The average molecular weight is 203 g/mol. The van der Waals surface area contributed by atoms with E-state index in [0.717, 1.165) is 0 Å². The summed E-state index contributed by atoms with van der Waals surface area (Å²) in [5.41, 5.74) is 0.712. The van der Waals surface area contributed by atoms with E-state index in [2.05, 4.69) is 0 Å². The molecule has 1 aromatic carbocycles. The normalized spacial score (nSPS) is 9.13. The maximum Gasteiger partial charge on any atom is 0.161 e. The molecule has 0 spiro atoms. The van der Waals surface area contributed by atoms with Crippen molar-refractivity contribution in [2.75, 3.05) is 7.11 Å². The highest BCUT2D eigenvalue weighted by molar-refractivity contribution is 5.98. The average Bonchev–Trinajstić information content (AvgIpc) is 2.26. The Hall–Kier alpha value is -2.15. The maximum absolute atomic E-state index is 11.2. The third kappa shape index (κ3) is 2.02. The molecule has 4 nitrogen and oxygen atoms in total. The van der Waals surface area contributed by atoms with Gasteiger partial charge in [-0.15, -0.1) is 0 Å². The zero-order valence-electron chi connectivity index (χ0n) is 8.40. The molecule has 0 aromatic heterocycles. The van der Waals surface area contributed by atoms with Crippen molar-refractivity contribution >= 4 is 12.1 Å². The minimum atomic E-state index is -0.234. The van der Waals surface area contributed by atoms with Gasteiger partial charge in [-0.1, -0.05) is 0 Å². The Bertz CT molecular complexity index is 458. The van der Waals surface area contributed by atoms with Crippen molar-refractivity contribution in [1.29, 1.82) is 5.26 Å². The lowest BCUT2D eigenvalue weighted by Crippen LogP contribution is -2.01. The Morgan fingerprint density at radius 2 is 2.20 bits per heavy atom. The number of hydrogen-bond acceptors (Lipinski definition) is 4. The van der Waals surface area contributed by atoms with E-state index in [-0.39, 0.29) is 22.5 Å². The van der Waals surface area contributed by atoms with E-state index in [9.17, 15) is 9.59 Å². The smallest absolute Gasteiger partial charge is 0.161 e. The summed E-state index contributed by atoms with van der Waals surface area (Å²) in [4.78, 5) is 21.9. The molecule has 1 aromatic rings. The molecule has 0 fully saturated rings. The van der Waals surface area contributed by atoms with Crippen molar-refractivity contribution in [3.8, 4) is 11.8 Å². The zero-order valence-corrected chi connectivity index (χ0v) is 8.40. The summed E-state index contributed by atoms with van der Waals surface area (Å²) in [6.45, 7) is 1.36. The second kappa shape index (κ2) is 4.38. The lowest BCUT2D eigenvalue weighted by atomic mass is 10.0. The zero-order chi connectivity index (χ0) is 11.4. The molecule has 0 unspecified atom stereocenters. The van der Waals surface area contributed by atoms with Gasteiger partial charge in [-0.25, -0.2) is 0 Å². The molecule has 0 aliphatic heterocycles. The SMILES string of the molecule is COc1cc(C(C)=O)c(C#N)cc1C=O. The van der Waals surface area contributed by atoms with Gasteiger partial charge in [0, 0.05) is 5.56 Å². The van der Waals surface area contributed by atoms with Gasteiger partial charge in [0.15, 0.2) is 12.1 Å². The first-order chi connectivity index (χ1) is 7.13.